The van der Waals surface area contributed by atoms with Crippen LogP contribution in [-0.4, -0.2) is 77.1 Å². The second-order valence-electron chi connectivity index (χ2n) is 7.84. The number of hydrogen-bond donors (Lipinski definition) is 2. The average molecular weight is 405 g/mol. The van der Waals surface area contributed by atoms with Crippen molar-refractivity contribution in [2.24, 2.45) is 4.99 Å². The van der Waals surface area contributed by atoms with E-state index in [4.69, 9.17) is 14.2 Å². The maximum absolute atomic E-state index is 5.83. The predicted octanol–water partition coefficient (Wildman–Crippen LogP) is 2.19. The van der Waals surface area contributed by atoms with E-state index in [1.54, 1.807) is 14.2 Å². The third kappa shape index (κ3) is 5.84. The van der Waals surface area contributed by atoms with Gasteiger partial charge in [-0.1, -0.05) is 12.1 Å². The van der Waals surface area contributed by atoms with Gasteiger partial charge in [0, 0.05) is 53.3 Å². The van der Waals surface area contributed by atoms with Crippen molar-refractivity contribution in [2.45, 2.75) is 37.3 Å². The van der Waals surface area contributed by atoms with E-state index in [0.29, 0.717) is 6.04 Å². The van der Waals surface area contributed by atoms with E-state index in [1.807, 2.05) is 19.2 Å². The number of likely N-dealkylation sites (tertiary alicyclic amines) is 1. The molecule has 0 saturated carbocycles. The second kappa shape index (κ2) is 10.8. The molecule has 2 fully saturated rings. The Labute approximate surface area is 174 Å². The van der Waals surface area contributed by atoms with Crippen LogP contribution in [0.3, 0.4) is 0 Å². The van der Waals surface area contributed by atoms with Gasteiger partial charge in [0.2, 0.25) is 0 Å². The van der Waals surface area contributed by atoms with Crippen LogP contribution in [-0.2, 0) is 9.47 Å². The molecule has 0 amide bonds. The Morgan fingerprint density at radius 1 is 1.14 bits per heavy atom. The first-order valence-electron chi connectivity index (χ1n) is 10.6. The highest BCUT2D eigenvalue weighted by atomic mass is 16.5. The van der Waals surface area contributed by atoms with Crippen LogP contribution in [0.5, 0.6) is 5.75 Å². The van der Waals surface area contributed by atoms with Gasteiger partial charge >= 0.3 is 0 Å². The molecule has 0 aliphatic carbocycles. The molecule has 7 nitrogen and oxygen atoms in total. The fourth-order valence-electron chi connectivity index (χ4n) is 4.19. The Hall–Kier alpha value is -1.83. The molecule has 2 saturated heterocycles. The first-order valence-corrected chi connectivity index (χ1v) is 10.6. The first-order chi connectivity index (χ1) is 14.2. The quantitative estimate of drug-likeness (QED) is 0.511. The smallest absolute Gasteiger partial charge is 0.191 e. The Balaban J connectivity index is 1.60. The van der Waals surface area contributed by atoms with Crippen LogP contribution in [0.4, 0.5) is 0 Å². The number of ether oxygens (including phenoxy) is 3. The lowest BCUT2D eigenvalue weighted by molar-refractivity contribution is -0.0855. The summed E-state index contributed by atoms with van der Waals surface area (Å²) in [6, 6.07) is 8.72. The molecule has 1 unspecified atom stereocenters. The van der Waals surface area contributed by atoms with E-state index in [2.05, 4.69) is 32.7 Å². The maximum atomic E-state index is 5.83. The average Bonchev–Trinajstić information content (AvgIpc) is 3.31. The van der Waals surface area contributed by atoms with Gasteiger partial charge in [0.15, 0.2) is 5.96 Å². The largest absolute Gasteiger partial charge is 0.497 e. The van der Waals surface area contributed by atoms with Crippen molar-refractivity contribution < 1.29 is 14.2 Å². The molecule has 162 valence electrons. The molecule has 2 aliphatic rings. The number of guanidine groups is 1. The van der Waals surface area contributed by atoms with Gasteiger partial charge in [-0.3, -0.25) is 9.89 Å². The van der Waals surface area contributed by atoms with Gasteiger partial charge in [-0.2, -0.15) is 0 Å². The van der Waals surface area contributed by atoms with Crippen molar-refractivity contribution in [2.75, 3.05) is 60.7 Å². The van der Waals surface area contributed by atoms with Crippen LogP contribution in [0.15, 0.2) is 29.3 Å². The van der Waals surface area contributed by atoms with Crippen molar-refractivity contribution in [1.29, 1.82) is 0 Å². The molecule has 2 aliphatic heterocycles. The third-order valence-electron chi connectivity index (χ3n) is 6.18. The fraction of sp³-hybridized carbons (Fsp3) is 0.682. The Morgan fingerprint density at radius 2 is 1.83 bits per heavy atom. The van der Waals surface area contributed by atoms with Gasteiger partial charge in [-0.25, -0.2) is 0 Å². The van der Waals surface area contributed by atoms with Crippen LogP contribution in [0, 0.1) is 0 Å². The highest BCUT2D eigenvalue weighted by molar-refractivity contribution is 5.79. The van der Waals surface area contributed by atoms with Gasteiger partial charge in [0.05, 0.1) is 18.8 Å². The molecule has 0 bridgehead atoms. The van der Waals surface area contributed by atoms with Crippen molar-refractivity contribution in [1.82, 2.24) is 15.5 Å². The van der Waals surface area contributed by atoms with Crippen molar-refractivity contribution in [3.8, 4) is 5.75 Å². The summed E-state index contributed by atoms with van der Waals surface area (Å²) in [5.41, 5.74) is 1.12. The Kier molecular flexibility index (Phi) is 8.15. The Bertz CT molecular complexity index is 638. The van der Waals surface area contributed by atoms with Gasteiger partial charge in [-0.15, -0.1) is 0 Å². The number of hydrogen-bond acceptors (Lipinski definition) is 5. The molecule has 1 atom stereocenters. The SMILES string of the molecule is CN=C(NCC(c1ccc(OC)cc1)N1CCCC1)NCC1(OC)CCOCC1. The molecular formula is C22H36N4O3. The summed E-state index contributed by atoms with van der Waals surface area (Å²) in [5, 5.41) is 7.00. The first kappa shape index (κ1) is 21.9. The fourth-order valence-corrected chi connectivity index (χ4v) is 4.19. The van der Waals surface area contributed by atoms with Crippen molar-refractivity contribution in [3.05, 3.63) is 29.8 Å². The normalized spacial score (nSPS) is 21.0. The molecule has 0 aromatic heterocycles. The highest BCUT2D eigenvalue weighted by Gasteiger charge is 2.32. The van der Waals surface area contributed by atoms with Crippen LogP contribution >= 0.6 is 0 Å². The zero-order valence-electron chi connectivity index (χ0n) is 18.1. The van der Waals surface area contributed by atoms with E-state index in [9.17, 15) is 0 Å². The summed E-state index contributed by atoms with van der Waals surface area (Å²) < 4.78 is 16.6. The summed E-state index contributed by atoms with van der Waals surface area (Å²) >= 11 is 0. The van der Waals surface area contributed by atoms with Gasteiger partial charge in [-0.05, 0) is 43.6 Å². The minimum Gasteiger partial charge on any atom is -0.497 e. The lowest BCUT2D eigenvalue weighted by Gasteiger charge is -2.36. The monoisotopic (exact) mass is 404 g/mol. The number of nitrogens with zero attached hydrogens (tertiary/aromatic N) is 2. The van der Waals surface area contributed by atoms with Crippen LogP contribution < -0.4 is 15.4 Å². The van der Waals surface area contributed by atoms with Gasteiger partial charge in [0.25, 0.3) is 0 Å². The minimum atomic E-state index is -0.180. The summed E-state index contributed by atoms with van der Waals surface area (Å²) in [5.74, 6) is 1.70. The standard InChI is InChI=1S/C22H36N4O3/c1-23-21(25-17-22(28-3)10-14-29-15-11-22)24-16-20(26-12-4-5-13-26)18-6-8-19(27-2)9-7-18/h6-9,20H,4-5,10-17H2,1-3H3,(H2,23,24,25). The van der Waals surface area contributed by atoms with E-state index in [-0.39, 0.29) is 5.60 Å². The number of methoxy groups -OCH3 is 2. The molecule has 2 heterocycles. The molecule has 1 aromatic carbocycles. The van der Waals surface area contributed by atoms with E-state index < -0.39 is 0 Å². The molecule has 29 heavy (non-hydrogen) atoms. The molecule has 3 rings (SSSR count). The number of rotatable bonds is 8. The number of aliphatic imine (C=N–C) groups is 1. The van der Waals surface area contributed by atoms with Crippen LogP contribution in [0.1, 0.15) is 37.3 Å². The topological polar surface area (TPSA) is 67.4 Å². The number of nitrogens with one attached hydrogen (secondary N) is 2. The van der Waals surface area contributed by atoms with Crippen LogP contribution in [0.2, 0.25) is 0 Å². The molecule has 7 heteroatoms. The summed E-state index contributed by atoms with van der Waals surface area (Å²) in [7, 11) is 5.31. The lowest BCUT2D eigenvalue weighted by Crippen LogP contribution is -2.51. The highest BCUT2D eigenvalue weighted by Crippen LogP contribution is 2.26. The summed E-state index contributed by atoms with van der Waals surface area (Å²) in [6.07, 6.45) is 4.32. The van der Waals surface area contributed by atoms with Crippen LogP contribution in [0.25, 0.3) is 0 Å². The minimum absolute atomic E-state index is 0.180. The lowest BCUT2D eigenvalue weighted by atomic mass is 9.94. The maximum Gasteiger partial charge on any atom is 0.191 e. The number of benzene rings is 1. The Morgan fingerprint density at radius 3 is 2.41 bits per heavy atom. The zero-order valence-corrected chi connectivity index (χ0v) is 18.1. The van der Waals surface area contributed by atoms with Gasteiger partial charge in [0.1, 0.15) is 5.75 Å². The molecule has 0 spiro atoms. The summed E-state index contributed by atoms with van der Waals surface area (Å²) in [4.78, 5) is 6.98. The predicted molar refractivity (Wildman–Crippen MR) is 116 cm³/mol. The van der Waals surface area contributed by atoms with Crippen molar-refractivity contribution >= 4 is 5.96 Å². The third-order valence-corrected chi connectivity index (χ3v) is 6.18. The van der Waals surface area contributed by atoms with Gasteiger partial charge < -0.3 is 24.8 Å². The second-order valence-corrected chi connectivity index (χ2v) is 7.84. The molecule has 2 N–H and O–H groups in total. The van der Waals surface area contributed by atoms with E-state index >= 15 is 0 Å². The summed E-state index contributed by atoms with van der Waals surface area (Å²) in [6.45, 7) is 5.29. The molecule has 0 radical (unpaired) electrons. The zero-order chi connectivity index (χ0) is 20.5. The molecule has 1 aromatic rings. The molecular weight excluding hydrogens is 368 g/mol. The van der Waals surface area contributed by atoms with E-state index in [1.165, 1.54) is 18.4 Å². The van der Waals surface area contributed by atoms with E-state index in [0.717, 1.165) is 63.9 Å². The van der Waals surface area contributed by atoms with Crippen molar-refractivity contribution in [3.63, 3.8) is 0 Å².